The topological polar surface area (TPSA) is 12.0 Å². The second kappa shape index (κ2) is 4.21. The van der Waals surface area contributed by atoms with Crippen molar-refractivity contribution in [3.8, 4) is 0 Å². The van der Waals surface area contributed by atoms with Crippen molar-refractivity contribution in [2.45, 2.75) is 19.1 Å². The Hall–Kier alpha value is -0.890. The molecule has 0 aliphatic carbocycles. The number of likely N-dealkylation sites (N-methyl/N-ethyl adjacent to an activating group) is 1. The van der Waals surface area contributed by atoms with Gasteiger partial charge in [0.15, 0.2) is 0 Å². The highest BCUT2D eigenvalue weighted by Crippen LogP contribution is 2.20. The molecule has 0 fully saturated rings. The van der Waals surface area contributed by atoms with Crippen molar-refractivity contribution in [1.82, 2.24) is 5.32 Å². The molecule has 0 bridgehead atoms. The van der Waals surface area contributed by atoms with Crippen molar-refractivity contribution in [2.75, 3.05) is 7.05 Å². The van der Waals surface area contributed by atoms with Crippen LogP contribution in [0.25, 0.3) is 0 Å². The van der Waals surface area contributed by atoms with Gasteiger partial charge < -0.3 is 5.32 Å². The van der Waals surface area contributed by atoms with E-state index < -0.39 is 6.17 Å². The average molecular weight is 166 g/mol. The Balaban J connectivity index is 2.71. The summed E-state index contributed by atoms with van der Waals surface area (Å²) in [6.45, 7) is 1.83. The highest BCUT2D eigenvalue weighted by atomic mass is 18.2. The van der Waals surface area contributed by atoms with Crippen LogP contribution in [0.15, 0.2) is 30.3 Å². The molecule has 1 aromatic carbocycles. The first-order valence-corrected chi connectivity index (χ1v) is 4.12. The zero-order valence-electron chi connectivity index (χ0n) is 7.42. The molecule has 2 atom stereocenters. The maximum absolute atomic E-state index is 13.5. The Kier molecular flexibility index (Phi) is 3.23. The summed E-state index contributed by atoms with van der Waals surface area (Å²) < 4.78 is 13.5. The van der Waals surface area contributed by atoms with Crippen molar-refractivity contribution < 1.29 is 4.39 Å². The molecule has 1 N–H and O–H groups in total. The monoisotopic (exact) mass is 166 g/mol. The molecule has 1 aromatic rings. The summed E-state index contributed by atoms with van der Waals surface area (Å²) in [6, 6.07) is 9.07. The quantitative estimate of drug-likeness (QED) is 0.726. The Morgan fingerprint density at radius 2 is 1.83 bits per heavy atom. The first kappa shape index (κ1) is 9.20. The zero-order valence-corrected chi connectivity index (χ0v) is 7.42. The summed E-state index contributed by atoms with van der Waals surface area (Å²) in [5, 5.41) is 2.89. The highest BCUT2D eigenvalue weighted by molar-refractivity contribution is 5.18. The maximum Gasteiger partial charge on any atom is 0.140 e. The van der Waals surface area contributed by atoms with E-state index in [9.17, 15) is 4.39 Å². The number of hydrogen-bond donors (Lipinski definition) is 1. The summed E-state index contributed by atoms with van der Waals surface area (Å²) in [5.74, 6) is 0. The maximum atomic E-state index is 13.5. The molecule has 0 saturated carbocycles. The van der Waals surface area contributed by atoms with Gasteiger partial charge in [-0.15, -0.1) is 0 Å². The largest absolute Gasteiger partial charge is 0.314 e. The third kappa shape index (κ3) is 2.05. The van der Waals surface area contributed by atoms with Crippen LogP contribution in [0.5, 0.6) is 0 Å². The van der Waals surface area contributed by atoms with E-state index in [1.807, 2.05) is 25.1 Å². The SMILES string of the molecule is CN[C@@H](C)[C@H]([18F])c1ccccc1. The van der Waals surface area contributed by atoms with Crippen LogP contribution in [0.3, 0.4) is 0 Å². The molecular weight excluding hydrogens is 152 g/mol. The molecule has 1 nitrogen and oxygen atoms in total. The fourth-order valence-corrected chi connectivity index (χ4v) is 1.07. The molecular formula is C10H14FN. The van der Waals surface area contributed by atoms with Crippen LogP contribution in [0.4, 0.5) is 4.39 Å². The van der Waals surface area contributed by atoms with E-state index in [2.05, 4.69) is 5.32 Å². The second-order valence-electron chi connectivity index (χ2n) is 2.89. The Labute approximate surface area is 72.6 Å². The van der Waals surface area contributed by atoms with E-state index in [4.69, 9.17) is 0 Å². The van der Waals surface area contributed by atoms with Crippen molar-refractivity contribution in [1.29, 1.82) is 0 Å². The first-order valence-electron chi connectivity index (χ1n) is 4.12. The van der Waals surface area contributed by atoms with E-state index in [1.54, 1.807) is 19.2 Å². The summed E-state index contributed by atoms with van der Waals surface area (Å²) in [4.78, 5) is 0. The van der Waals surface area contributed by atoms with Gasteiger partial charge in [-0.1, -0.05) is 30.3 Å². The Morgan fingerprint density at radius 3 is 2.33 bits per heavy atom. The molecule has 0 spiro atoms. The molecule has 0 radical (unpaired) electrons. The van der Waals surface area contributed by atoms with Gasteiger partial charge >= 0.3 is 0 Å². The van der Waals surface area contributed by atoms with Crippen LogP contribution < -0.4 is 5.32 Å². The first-order chi connectivity index (χ1) is 5.75. The summed E-state index contributed by atoms with van der Waals surface area (Å²) in [5.41, 5.74) is 0.736. The number of rotatable bonds is 3. The van der Waals surface area contributed by atoms with Crippen molar-refractivity contribution in [2.24, 2.45) is 0 Å². The van der Waals surface area contributed by atoms with Gasteiger partial charge in [-0.25, -0.2) is 4.39 Å². The van der Waals surface area contributed by atoms with Crippen LogP contribution in [-0.2, 0) is 0 Å². The van der Waals surface area contributed by atoms with Crippen LogP contribution in [0.1, 0.15) is 18.7 Å². The van der Waals surface area contributed by atoms with Gasteiger partial charge in [0, 0.05) is 6.04 Å². The van der Waals surface area contributed by atoms with Gasteiger partial charge in [-0.2, -0.15) is 0 Å². The third-order valence-electron chi connectivity index (χ3n) is 2.01. The van der Waals surface area contributed by atoms with Gasteiger partial charge in [0.05, 0.1) is 0 Å². The Morgan fingerprint density at radius 1 is 1.25 bits per heavy atom. The Bertz CT molecular complexity index is 223. The smallest absolute Gasteiger partial charge is 0.140 e. The van der Waals surface area contributed by atoms with Crippen LogP contribution >= 0.6 is 0 Å². The molecule has 0 amide bonds. The molecule has 66 valence electrons. The summed E-state index contributed by atoms with van der Waals surface area (Å²) >= 11 is 0. The van der Waals surface area contributed by atoms with Crippen molar-refractivity contribution >= 4 is 0 Å². The second-order valence-corrected chi connectivity index (χ2v) is 2.89. The molecule has 2 heteroatoms. The lowest BCUT2D eigenvalue weighted by Gasteiger charge is -2.15. The fourth-order valence-electron chi connectivity index (χ4n) is 1.07. The molecule has 0 aliphatic rings. The number of benzene rings is 1. The fraction of sp³-hybridized carbons (Fsp3) is 0.400. The van der Waals surface area contributed by atoms with E-state index in [0.29, 0.717) is 0 Å². The molecule has 0 aliphatic heterocycles. The van der Waals surface area contributed by atoms with E-state index in [-0.39, 0.29) is 6.04 Å². The van der Waals surface area contributed by atoms with Gasteiger partial charge in [0.2, 0.25) is 0 Å². The predicted molar refractivity (Wildman–Crippen MR) is 48.8 cm³/mol. The zero-order chi connectivity index (χ0) is 8.97. The minimum Gasteiger partial charge on any atom is -0.314 e. The standard InChI is InChI=1S/C10H14FN/c1-8(12-2)10(11)9-6-4-3-5-7-9/h3-8,10,12H,1-2H3/t8-,10-/m0/s1/i11-1. The van der Waals surface area contributed by atoms with E-state index in [1.165, 1.54) is 0 Å². The van der Waals surface area contributed by atoms with Crippen LogP contribution in [0.2, 0.25) is 0 Å². The number of hydrogen-bond acceptors (Lipinski definition) is 1. The van der Waals surface area contributed by atoms with Crippen molar-refractivity contribution in [3.05, 3.63) is 35.9 Å². The normalized spacial score (nSPS) is 15.6. The molecule has 0 heterocycles. The lowest BCUT2D eigenvalue weighted by Crippen LogP contribution is -2.26. The van der Waals surface area contributed by atoms with E-state index in [0.717, 1.165) is 5.56 Å². The van der Waals surface area contributed by atoms with Gasteiger partial charge in [0.25, 0.3) is 0 Å². The number of nitrogens with one attached hydrogen (secondary N) is 1. The van der Waals surface area contributed by atoms with E-state index >= 15 is 0 Å². The van der Waals surface area contributed by atoms with Crippen molar-refractivity contribution in [3.63, 3.8) is 0 Å². The van der Waals surface area contributed by atoms with Gasteiger partial charge in [-0.05, 0) is 19.5 Å². The lowest BCUT2D eigenvalue weighted by atomic mass is 10.1. The number of alkyl halides is 1. The number of halogens is 1. The molecule has 0 unspecified atom stereocenters. The molecule has 12 heavy (non-hydrogen) atoms. The van der Waals surface area contributed by atoms with Gasteiger partial charge in [0.1, 0.15) is 6.17 Å². The van der Waals surface area contributed by atoms with Crippen LogP contribution in [-0.4, -0.2) is 13.1 Å². The molecule has 1 rings (SSSR count). The third-order valence-corrected chi connectivity index (χ3v) is 2.01. The summed E-state index contributed by atoms with van der Waals surface area (Å²) in [7, 11) is 1.76. The summed E-state index contributed by atoms with van der Waals surface area (Å²) in [6.07, 6.45) is -0.920. The van der Waals surface area contributed by atoms with Gasteiger partial charge in [-0.3, -0.25) is 0 Å². The predicted octanol–water partition coefficient (Wildman–Crippen LogP) is 2.31. The van der Waals surface area contributed by atoms with Crippen LogP contribution in [0, 0.1) is 0 Å². The molecule has 0 saturated heterocycles. The lowest BCUT2D eigenvalue weighted by molar-refractivity contribution is 0.275. The minimum absolute atomic E-state index is 0.132. The minimum atomic E-state index is -0.920. The highest BCUT2D eigenvalue weighted by Gasteiger charge is 2.15. The average Bonchev–Trinajstić information content (AvgIpc) is 2.17. The molecule has 0 aromatic heterocycles.